The molecule has 3 rings (SSSR count). The Morgan fingerprint density at radius 1 is 1.30 bits per heavy atom. The lowest BCUT2D eigenvalue weighted by atomic mass is 9.97. The Morgan fingerprint density at radius 2 is 2.00 bits per heavy atom. The van der Waals surface area contributed by atoms with Crippen molar-refractivity contribution in [2.45, 2.75) is 19.4 Å². The monoisotopic (exact) mass is 484 g/mol. The van der Waals surface area contributed by atoms with E-state index < -0.39 is 0 Å². The van der Waals surface area contributed by atoms with Crippen LogP contribution in [0.1, 0.15) is 18.7 Å². The summed E-state index contributed by atoms with van der Waals surface area (Å²) in [4.78, 5) is 18.2. The number of methoxy groups -OCH3 is 1. The molecule has 0 saturated carbocycles. The van der Waals surface area contributed by atoms with Crippen molar-refractivity contribution in [3.63, 3.8) is 0 Å². The van der Waals surface area contributed by atoms with Crippen LogP contribution < -0.4 is 5.32 Å². The molecule has 0 amide bonds. The standard InChI is InChI=1S/C18H24N6O2.HI/c1-19-18(23-10-8-14(9-11-23)17(25)26-2)20-12-16-22-21-13-24(16)15-6-4-3-5-7-15;/h3-7,13-14H,8-12H2,1-2H3,(H,19,20);1H. The topological polar surface area (TPSA) is 84.6 Å². The van der Waals surface area contributed by atoms with E-state index in [1.54, 1.807) is 13.4 Å². The minimum atomic E-state index is -0.122. The van der Waals surface area contributed by atoms with Gasteiger partial charge in [0.1, 0.15) is 6.33 Å². The molecule has 1 aromatic heterocycles. The Labute approximate surface area is 176 Å². The molecule has 0 bridgehead atoms. The van der Waals surface area contributed by atoms with E-state index in [0.717, 1.165) is 43.4 Å². The van der Waals surface area contributed by atoms with Crippen LogP contribution in [0, 0.1) is 5.92 Å². The molecule has 0 aliphatic carbocycles. The molecule has 2 aromatic rings. The van der Waals surface area contributed by atoms with Crippen LogP contribution in [0.2, 0.25) is 0 Å². The number of aromatic nitrogens is 3. The maximum absolute atomic E-state index is 11.7. The number of hydrogen-bond acceptors (Lipinski definition) is 5. The number of rotatable bonds is 4. The summed E-state index contributed by atoms with van der Waals surface area (Å²) in [6.07, 6.45) is 3.25. The third-order valence-corrected chi connectivity index (χ3v) is 4.60. The smallest absolute Gasteiger partial charge is 0.308 e. The van der Waals surface area contributed by atoms with E-state index in [4.69, 9.17) is 4.74 Å². The largest absolute Gasteiger partial charge is 0.469 e. The zero-order valence-electron chi connectivity index (χ0n) is 15.5. The van der Waals surface area contributed by atoms with Crippen LogP contribution in [0.15, 0.2) is 41.7 Å². The molecular formula is C18H25IN6O2. The SMILES string of the molecule is CN=C(NCc1nncn1-c1ccccc1)N1CCC(C(=O)OC)CC1.I. The molecule has 1 aliphatic heterocycles. The number of guanidine groups is 1. The molecule has 0 atom stereocenters. The summed E-state index contributed by atoms with van der Waals surface area (Å²) < 4.78 is 6.79. The highest BCUT2D eigenvalue weighted by molar-refractivity contribution is 14.0. The minimum Gasteiger partial charge on any atom is -0.469 e. The molecule has 27 heavy (non-hydrogen) atoms. The molecule has 8 nitrogen and oxygen atoms in total. The van der Waals surface area contributed by atoms with Crippen molar-refractivity contribution in [1.29, 1.82) is 0 Å². The second-order valence-corrected chi connectivity index (χ2v) is 6.14. The lowest BCUT2D eigenvalue weighted by molar-refractivity contribution is -0.146. The van der Waals surface area contributed by atoms with Crippen molar-refractivity contribution in [3.8, 4) is 5.69 Å². The summed E-state index contributed by atoms with van der Waals surface area (Å²) in [5, 5.41) is 11.6. The number of nitrogens with zero attached hydrogens (tertiary/aromatic N) is 5. The van der Waals surface area contributed by atoms with Crippen molar-refractivity contribution < 1.29 is 9.53 Å². The predicted octanol–water partition coefficient (Wildman–Crippen LogP) is 1.85. The van der Waals surface area contributed by atoms with E-state index in [2.05, 4.69) is 25.4 Å². The van der Waals surface area contributed by atoms with Gasteiger partial charge in [-0.3, -0.25) is 14.4 Å². The molecule has 2 heterocycles. The van der Waals surface area contributed by atoms with Gasteiger partial charge in [0.05, 0.1) is 19.6 Å². The second-order valence-electron chi connectivity index (χ2n) is 6.14. The van der Waals surface area contributed by atoms with Crippen molar-refractivity contribution in [1.82, 2.24) is 25.0 Å². The average Bonchev–Trinajstić information content (AvgIpc) is 3.17. The van der Waals surface area contributed by atoms with E-state index in [0.29, 0.717) is 6.54 Å². The minimum absolute atomic E-state index is 0. The van der Waals surface area contributed by atoms with Gasteiger partial charge in [-0.2, -0.15) is 0 Å². The molecule has 1 saturated heterocycles. The molecular weight excluding hydrogens is 459 g/mol. The first-order valence-electron chi connectivity index (χ1n) is 8.70. The number of hydrogen-bond donors (Lipinski definition) is 1. The Bertz CT molecular complexity index is 756. The molecule has 146 valence electrons. The van der Waals surface area contributed by atoms with E-state index in [-0.39, 0.29) is 35.9 Å². The van der Waals surface area contributed by atoms with Crippen LogP contribution in [0.5, 0.6) is 0 Å². The molecule has 0 unspecified atom stereocenters. The molecule has 1 aromatic carbocycles. The van der Waals surface area contributed by atoms with E-state index in [1.165, 1.54) is 7.11 Å². The number of piperidine rings is 1. The van der Waals surface area contributed by atoms with Gasteiger partial charge in [-0.15, -0.1) is 34.2 Å². The van der Waals surface area contributed by atoms with Crippen molar-refractivity contribution in [2.75, 3.05) is 27.2 Å². The van der Waals surface area contributed by atoms with Gasteiger partial charge in [0.15, 0.2) is 11.8 Å². The Hall–Kier alpha value is -2.17. The Kier molecular flexibility index (Phi) is 8.01. The van der Waals surface area contributed by atoms with E-state index >= 15 is 0 Å². The summed E-state index contributed by atoms with van der Waals surface area (Å²) >= 11 is 0. The van der Waals surface area contributed by atoms with Crippen LogP contribution in [0.3, 0.4) is 0 Å². The van der Waals surface area contributed by atoms with Crippen LogP contribution in [-0.2, 0) is 16.1 Å². The number of aliphatic imine (C=N–C) groups is 1. The number of halogens is 1. The number of ether oxygens (including phenoxy) is 1. The Morgan fingerprint density at radius 3 is 2.63 bits per heavy atom. The molecule has 1 fully saturated rings. The third kappa shape index (κ3) is 5.18. The zero-order chi connectivity index (χ0) is 18.4. The van der Waals surface area contributed by atoms with Crippen LogP contribution in [0.25, 0.3) is 5.69 Å². The van der Waals surface area contributed by atoms with Gasteiger partial charge in [0, 0.05) is 25.8 Å². The van der Waals surface area contributed by atoms with Gasteiger partial charge >= 0.3 is 5.97 Å². The highest BCUT2D eigenvalue weighted by Gasteiger charge is 2.27. The average molecular weight is 484 g/mol. The van der Waals surface area contributed by atoms with Crippen molar-refractivity contribution >= 4 is 35.9 Å². The van der Waals surface area contributed by atoms with Gasteiger partial charge in [0.2, 0.25) is 0 Å². The zero-order valence-corrected chi connectivity index (χ0v) is 17.9. The molecule has 9 heteroatoms. The summed E-state index contributed by atoms with van der Waals surface area (Å²) in [7, 11) is 3.20. The van der Waals surface area contributed by atoms with Gasteiger partial charge in [-0.05, 0) is 25.0 Å². The number of para-hydroxylation sites is 1. The number of esters is 1. The lowest BCUT2D eigenvalue weighted by Crippen LogP contribution is -2.46. The van der Waals surface area contributed by atoms with E-state index in [1.807, 2.05) is 34.9 Å². The fourth-order valence-electron chi connectivity index (χ4n) is 3.17. The third-order valence-electron chi connectivity index (χ3n) is 4.60. The van der Waals surface area contributed by atoms with E-state index in [9.17, 15) is 4.79 Å². The summed E-state index contributed by atoms with van der Waals surface area (Å²) in [5.41, 5.74) is 1.02. The number of nitrogens with one attached hydrogen (secondary N) is 1. The first-order valence-corrected chi connectivity index (χ1v) is 8.70. The van der Waals surface area contributed by atoms with Gasteiger partial charge < -0.3 is 15.0 Å². The van der Waals surface area contributed by atoms with Crippen LogP contribution in [0.4, 0.5) is 0 Å². The molecule has 0 spiro atoms. The summed E-state index contributed by atoms with van der Waals surface area (Å²) in [6.45, 7) is 2.05. The fraction of sp³-hybridized carbons (Fsp3) is 0.444. The lowest BCUT2D eigenvalue weighted by Gasteiger charge is -2.33. The highest BCUT2D eigenvalue weighted by Crippen LogP contribution is 2.18. The maximum atomic E-state index is 11.7. The number of likely N-dealkylation sites (tertiary alicyclic amines) is 1. The highest BCUT2D eigenvalue weighted by atomic mass is 127. The predicted molar refractivity (Wildman–Crippen MR) is 113 cm³/mol. The second kappa shape index (κ2) is 10.2. The first kappa shape index (κ1) is 21.1. The number of benzene rings is 1. The molecule has 1 aliphatic rings. The normalized spacial score (nSPS) is 15.2. The van der Waals surface area contributed by atoms with Crippen molar-refractivity contribution in [2.24, 2.45) is 10.9 Å². The van der Waals surface area contributed by atoms with Crippen molar-refractivity contribution in [3.05, 3.63) is 42.5 Å². The molecule has 1 N–H and O–H groups in total. The fourth-order valence-corrected chi connectivity index (χ4v) is 3.17. The summed E-state index contributed by atoms with van der Waals surface area (Å²) in [5.74, 6) is 1.47. The van der Waals surface area contributed by atoms with Gasteiger partial charge in [-0.25, -0.2) is 0 Å². The van der Waals surface area contributed by atoms with Crippen LogP contribution >= 0.6 is 24.0 Å². The van der Waals surface area contributed by atoms with Gasteiger partial charge in [-0.1, -0.05) is 18.2 Å². The summed E-state index contributed by atoms with van der Waals surface area (Å²) in [6, 6.07) is 9.97. The Balaban J connectivity index is 0.00000261. The van der Waals surface area contributed by atoms with Gasteiger partial charge in [0.25, 0.3) is 0 Å². The number of carbonyl (C=O) groups is 1. The first-order chi connectivity index (χ1) is 12.7. The number of carbonyl (C=O) groups excluding carboxylic acids is 1. The van der Waals surface area contributed by atoms with Crippen LogP contribution in [-0.4, -0.2) is 58.8 Å². The quantitative estimate of drug-likeness (QED) is 0.309. The molecule has 0 radical (unpaired) electrons. The maximum Gasteiger partial charge on any atom is 0.308 e.